The lowest BCUT2D eigenvalue weighted by atomic mass is 10.1. The van der Waals surface area contributed by atoms with Crippen molar-refractivity contribution in [2.45, 2.75) is 58.8 Å². The molecule has 0 saturated heterocycles. The van der Waals surface area contributed by atoms with Crippen molar-refractivity contribution in [2.75, 3.05) is 18.8 Å². The molecule has 0 aromatic heterocycles. The number of nitrogens with zero attached hydrogens (tertiary/aromatic N) is 1. The standard InChI is InChI=1S/C19H33N3OS/c1-6-7-12-20-18(21-13-14-24(23)19(3,4)5)22-15-17-10-8-16(2)9-11-17/h8-11H,6-7,12-15H2,1-5H3,(H2,20,21,22). The molecule has 0 bridgehead atoms. The second kappa shape index (κ2) is 10.5. The van der Waals surface area contributed by atoms with Crippen molar-refractivity contribution in [1.29, 1.82) is 0 Å². The first-order chi connectivity index (χ1) is 11.3. The van der Waals surface area contributed by atoms with Gasteiger partial charge >= 0.3 is 0 Å². The van der Waals surface area contributed by atoms with Crippen molar-refractivity contribution in [2.24, 2.45) is 4.99 Å². The Balaban J connectivity index is 2.57. The van der Waals surface area contributed by atoms with Gasteiger partial charge in [0.15, 0.2) is 5.96 Å². The fourth-order valence-electron chi connectivity index (χ4n) is 1.99. The second-order valence-electron chi connectivity index (χ2n) is 7.02. The quantitative estimate of drug-likeness (QED) is 0.429. The Bertz CT molecular complexity index is 533. The van der Waals surface area contributed by atoms with Gasteiger partial charge in [0.2, 0.25) is 0 Å². The van der Waals surface area contributed by atoms with E-state index in [1.165, 1.54) is 11.1 Å². The average Bonchev–Trinajstić information content (AvgIpc) is 2.52. The van der Waals surface area contributed by atoms with E-state index in [1.807, 2.05) is 20.8 Å². The first kappa shape index (κ1) is 20.7. The number of hydrogen-bond acceptors (Lipinski definition) is 2. The Labute approximate surface area is 150 Å². The number of unbranched alkanes of at least 4 members (excludes halogenated alkanes) is 1. The minimum Gasteiger partial charge on any atom is -0.356 e. The lowest BCUT2D eigenvalue weighted by Gasteiger charge is -2.18. The second-order valence-corrected chi connectivity index (χ2v) is 9.34. The Morgan fingerprint density at radius 2 is 1.75 bits per heavy atom. The van der Waals surface area contributed by atoms with Gasteiger partial charge in [-0.1, -0.05) is 43.2 Å². The summed E-state index contributed by atoms with van der Waals surface area (Å²) in [5, 5.41) is 6.66. The topological polar surface area (TPSA) is 53.5 Å². The van der Waals surface area contributed by atoms with Crippen LogP contribution < -0.4 is 10.6 Å². The molecule has 0 fully saturated rings. The molecule has 0 aliphatic carbocycles. The maximum Gasteiger partial charge on any atom is 0.191 e. The monoisotopic (exact) mass is 351 g/mol. The molecule has 2 N–H and O–H groups in total. The maximum absolute atomic E-state index is 12.1. The largest absolute Gasteiger partial charge is 0.356 e. The zero-order valence-electron chi connectivity index (χ0n) is 15.8. The van der Waals surface area contributed by atoms with E-state index in [0.717, 1.165) is 25.3 Å². The molecule has 24 heavy (non-hydrogen) atoms. The summed E-state index contributed by atoms with van der Waals surface area (Å²) in [5.41, 5.74) is 2.45. The maximum atomic E-state index is 12.1. The van der Waals surface area contributed by atoms with Crippen LogP contribution >= 0.6 is 0 Å². The van der Waals surface area contributed by atoms with E-state index in [-0.39, 0.29) is 4.75 Å². The van der Waals surface area contributed by atoms with Gasteiger partial charge in [-0.25, -0.2) is 4.99 Å². The smallest absolute Gasteiger partial charge is 0.191 e. The molecule has 1 unspecified atom stereocenters. The van der Waals surface area contributed by atoms with Crippen LogP contribution in [0.4, 0.5) is 0 Å². The van der Waals surface area contributed by atoms with E-state index in [4.69, 9.17) is 0 Å². The predicted molar refractivity (Wildman–Crippen MR) is 106 cm³/mol. The van der Waals surface area contributed by atoms with Crippen molar-refractivity contribution >= 4 is 16.8 Å². The van der Waals surface area contributed by atoms with Gasteiger partial charge in [0.1, 0.15) is 0 Å². The van der Waals surface area contributed by atoms with Crippen LogP contribution in [0.5, 0.6) is 0 Å². The predicted octanol–water partition coefficient (Wildman–Crippen LogP) is 3.38. The summed E-state index contributed by atoms with van der Waals surface area (Å²) < 4.78 is 12.0. The van der Waals surface area contributed by atoms with Crippen LogP contribution in [0.25, 0.3) is 0 Å². The molecule has 0 aliphatic rings. The molecule has 136 valence electrons. The van der Waals surface area contributed by atoms with E-state index in [9.17, 15) is 4.21 Å². The number of rotatable bonds is 8. The molecule has 1 aromatic rings. The van der Waals surface area contributed by atoms with E-state index in [0.29, 0.717) is 18.8 Å². The highest BCUT2D eigenvalue weighted by molar-refractivity contribution is 7.86. The molecule has 0 amide bonds. The molecular formula is C19H33N3OS. The van der Waals surface area contributed by atoms with E-state index in [1.54, 1.807) is 0 Å². The zero-order valence-corrected chi connectivity index (χ0v) is 16.6. The minimum atomic E-state index is -0.849. The van der Waals surface area contributed by atoms with Crippen LogP contribution in [0.1, 0.15) is 51.7 Å². The minimum absolute atomic E-state index is 0.170. The van der Waals surface area contributed by atoms with Gasteiger partial charge in [-0.2, -0.15) is 0 Å². The van der Waals surface area contributed by atoms with Crippen molar-refractivity contribution < 1.29 is 4.21 Å². The summed E-state index contributed by atoms with van der Waals surface area (Å²) in [4.78, 5) is 4.65. The number of nitrogens with one attached hydrogen (secondary N) is 2. The number of benzene rings is 1. The Kier molecular flexibility index (Phi) is 9.04. The fourth-order valence-corrected chi connectivity index (χ4v) is 2.89. The lowest BCUT2D eigenvalue weighted by molar-refractivity contribution is 0.646. The molecule has 0 radical (unpaired) electrons. The summed E-state index contributed by atoms with van der Waals surface area (Å²) in [7, 11) is -0.849. The van der Waals surface area contributed by atoms with Crippen LogP contribution in [0.3, 0.4) is 0 Å². The SMILES string of the molecule is CCCCNC(=NCc1ccc(C)cc1)NCCS(=O)C(C)(C)C. The van der Waals surface area contributed by atoms with Crippen molar-refractivity contribution in [1.82, 2.24) is 10.6 Å². The zero-order chi connectivity index (χ0) is 18.0. The third-order valence-electron chi connectivity index (χ3n) is 3.63. The Morgan fingerprint density at radius 1 is 1.12 bits per heavy atom. The van der Waals surface area contributed by atoms with E-state index in [2.05, 4.69) is 53.7 Å². The van der Waals surface area contributed by atoms with Gasteiger partial charge in [-0.3, -0.25) is 4.21 Å². The Morgan fingerprint density at radius 3 is 2.33 bits per heavy atom. The van der Waals surface area contributed by atoms with Crippen LogP contribution in [-0.2, 0) is 17.3 Å². The average molecular weight is 352 g/mol. The molecule has 5 heteroatoms. The van der Waals surface area contributed by atoms with E-state index < -0.39 is 10.8 Å². The van der Waals surface area contributed by atoms with Gasteiger partial charge in [-0.05, 0) is 39.7 Å². The molecule has 1 atom stereocenters. The number of guanidine groups is 1. The molecule has 4 nitrogen and oxygen atoms in total. The summed E-state index contributed by atoms with van der Waals surface area (Å²) in [6.45, 7) is 12.5. The van der Waals surface area contributed by atoms with Crippen LogP contribution in [-0.4, -0.2) is 33.8 Å². The van der Waals surface area contributed by atoms with Gasteiger partial charge < -0.3 is 10.6 Å². The summed E-state index contributed by atoms with van der Waals surface area (Å²) in [6, 6.07) is 8.43. The molecule has 0 heterocycles. The van der Waals surface area contributed by atoms with Crippen molar-refractivity contribution in [3.63, 3.8) is 0 Å². The van der Waals surface area contributed by atoms with Crippen molar-refractivity contribution in [3.8, 4) is 0 Å². The van der Waals surface area contributed by atoms with Gasteiger partial charge in [0.05, 0.1) is 6.54 Å². The number of hydrogen-bond donors (Lipinski definition) is 2. The molecular weight excluding hydrogens is 318 g/mol. The normalized spacial score (nSPS) is 13.6. The summed E-state index contributed by atoms with van der Waals surface area (Å²) in [5.74, 6) is 1.43. The summed E-state index contributed by atoms with van der Waals surface area (Å²) in [6.07, 6.45) is 2.26. The fraction of sp³-hybridized carbons (Fsp3) is 0.632. The molecule has 1 rings (SSSR count). The third kappa shape index (κ3) is 8.48. The summed E-state index contributed by atoms with van der Waals surface area (Å²) >= 11 is 0. The van der Waals surface area contributed by atoms with Gasteiger partial charge in [0, 0.05) is 34.4 Å². The van der Waals surface area contributed by atoms with Crippen LogP contribution in [0, 0.1) is 6.92 Å². The van der Waals surface area contributed by atoms with Crippen LogP contribution in [0.2, 0.25) is 0 Å². The first-order valence-electron chi connectivity index (χ1n) is 8.79. The van der Waals surface area contributed by atoms with Crippen LogP contribution in [0.15, 0.2) is 29.3 Å². The number of aryl methyl sites for hydroxylation is 1. The third-order valence-corrected chi connectivity index (χ3v) is 5.57. The van der Waals surface area contributed by atoms with Gasteiger partial charge in [-0.15, -0.1) is 0 Å². The van der Waals surface area contributed by atoms with Gasteiger partial charge in [0.25, 0.3) is 0 Å². The Hall–Kier alpha value is -1.36. The lowest BCUT2D eigenvalue weighted by Crippen LogP contribution is -2.40. The molecule has 0 saturated carbocycles. The molecule has 1 aromatic carbocycles. The highest BCUT2D eigenvalue weighted by atomic mass is 32.2. The first-order valence-corrected chi connectivity index (χ1v) is 10.1. The van der Waals surface area contributed by atoms with Crippen molar-refractivity contribution in [3.05, 3.63) is 35.4 Å². The molecule has 0 spiro atoms. The van der Waals surface area contributed by atoms with E-state index >= 15 is 0 Å². The highest BCUT2D eigenvalue weighted by Gasteiger charge is 2.18. The highest BCUT2D eigenvalue weighted by Crippen LogP contribution is 2.10. The molecule has 0 aliphatic heterocycles. The number of aliphatic imine (C=N–C) groups is 1.